The van der Waals surface area contributed by atoms with E-state index in [0.29, 0.717) is 44.0 Å². The molecule has 5 atom stereocenters. The monoisotopic (exact) mass is 819 g/mol. The minimum Gasteiger partial charge on any atom is -0.491 e. The van der Waals surface area contributed by atoms with E-state index in [9.17, 15) is 19.2 Å². The van der Waals surface area contributed by atoms with Crippen LogP contribution in [0.4, 0.5) is 4.79 Å². The van der Waals surface area contributed by atoms with Crippen LogP contribution in [0.25, 0.3) is 0 Å². The van der Waals surface area contributed by atoms with Crippen molar-refractivity contribution in [1.29, 1.82) is 0 Å². The van der Waals surface area contributed by atoms with Gasteiger partial charge in [0.15, 0.2) is 0 Å². The number of primary amides is 1. The molecule has 1 heterocycles. The van der Waals surface area contributed by atoms with Crippen molar-refractivity contribution in [3.63, 3.8) is 0 Å². The van der Waals surface area contributed by atoms with Crippen LogP contribution in [0, 0.1) is 40.4 Å². The lowest BCUT2D eigenvalue weighted by Crippen LogP contribution is -2.53. The molecule has 1 saturated heterocycles. The van der Waals surface area contributed by atoms with E-state index in [1.165, 1.54) is 0 Å². The molecule has 0 aliphatic carbocycles. The summed E-state index contributed by atoms with van der Waals surface area (Å²) in [6, 6.07) is 6.76. The molecule has 0 spiro atoms. The summed E-state index contributed by atoms with van der Waals surface area (Å²) in [7, 11) is -1.33. The molecule has 1 radical (unpaired) electrons. The number of carbonyl (C=O) groups is 4. The van der Waals surface area contributed by atoms with E-state index >= 15 is 0 Å². The van der Waals surface area contributed by atoms with Gasteiger partial charge in [-0.3, -0.25) is 19.3 Å². The predicted octanol–water partition coefficient (Wildman–Crippen LogP) is 6.23. The first-order valence-corrected chi connectivity index (χ1v) is 23.1. The molecule has 1 aromatic rings. The zero-order valence-corrected chi connectivity index (χ0v) is 38.5. The minimum absolute atomic E-state index is 0.0143. The fraction of sp³-hybridized carbons (Fsp3) is 0.767. The van der Waals surface area contributed by atoms with Crippen molar-refractivity contribution in [2.45, 2.75) is 127 Å². The zero-order chi connectivity index (χ0) is 43.3. The summed E-state index contributed by atoms with van der Waals surface area (Å²) in [4.78, 5) is 56.0. The van der Waals surface area contributed by atoms with Gasteiger partial charge in [0.2, 0.25) is 20.9 Å². The van der Waals surface area contributed by atoms with Gasteiger partial charge in [-0.05, 0) is 95.9 Å². The van der Waals surface area contributed by atoms with Crippen LogP contribution < -0.4 is 26.4 Å². The number of nitrogens with zero attached hydrogens (tertiary/aromatic N) is 1. The number of alkyl carbamates (subject to hydrolysis) is 1. The quantitative estimate of drug-likeness (QED) is 0.0830. The highest BCUT2D eigenvalue weighted by atomic mass is 28.3. The average Bonchev–Trinajstić information content (AvgIpc) is 3.08. The van der Waals surface area contributed by atoms with Crippen LogP contribution in [0.15, 0.2) is 24.3 Å². The highest BCUT2D eigenvalue weighted by Gasteiger charge is 2.42. The maximum Gasteiger partial charge on any atom is 0.407 e. The van der Waals surface area contributed by atoms with Crippen molar-refractivity contribution in [3.05, 3.63) is 29.8 Å². The van der Waals surface area contributed by atoms with Crippen molar-refractivity contribution in [2.24, 2.45) is 46.2 Å². The lowest BCUT2D eigenvalue weighted by atomic mass is 9.67. The lowest BCUT2D eigenvalue weighted by Gasteiger charge is -2.43. The first-order valence-electron chi connectivity index (χ1n) is 20.7. The summed E-state index contributed by atoms with van der Waals surface area (Å²) < 4.78 is 24.1. The normalized spacial score (nSPS) is 17.1. The van der Waals surface area contributed by atoms with E-state index in [1.807, 2.05) is 65.9 Å². The lowest BCUT2D eigenvalue weighted by molar-refractivity contribution is -0.129. The van der Waals surface area contributed by atoms with Gasteiger partial charge in [-0.15, -0.1) is 0 Å². The van der Waals surface area contributed by atoms with E-state index in [2.05, 4.69) is 55.5 Å². The second-order valence-electron chi connectivity index (χ2n) is 19.1. The molecule has 1 fully saturated rings. The number of amides is 4. The molecule has 0 aromatic heterocycles. The van der Waals surface area contributed by atoms with Gasteiger partial charge < -0.3 is 40.3 Å². The molecule has 57 heavy (non-hydrogen) atoms. The maximum atomic E-state index is 14.2. The fourth-order valence-corrected chi connectivity index (χ4v) is 7.74. The van der Waals surface area contributed by atoms with E-state index in [-0.39, 0.29) is 47.4 Å². The Bertz CT molecular complexity index is 1430. The molecule has 325 valence electrons. The molecule has 1 aliphatic rings. The average molecular weight is 819 g/mol. The first-order chi connectivity index (χ1) is 26.3. The first kappa shape index (κ1) is 49.9. The van der Waals surface area contributed by atoms with E-state index in [4.69, 9.17) is 24.4 Å². The van der Waals surface area contributed by atoms with Crippen molar-refractivity contribution in [3.8, 4) is 5.75 Å². The third-order valence-corrected chi connectivity index (χ3v) is 11.4. The Morgan fingerprint density at radius 3 is 2.04 bits per heavy atom. The molecule has 13 nitrogen and oxygen atoms in total. The van der Waals surface area contributed by atoms with Gasteiger partial charge in [-0.1, -0.05) is 60.6 Å². The second-order valence-corrected chi connectivity index (χ2v) is 21.2. The fourth-order valence-electron chi connectivity index (χ4n) is 7.00. The standard InChI is InChI=1S/C43H76N5O8Si/c1-28(2)31(36(49)45-27-43(11,12)39(44)51)25-33(41(5,6)7)34(46-40(52)55-42(8,9)10)26-32(29(3)4)38(56-57(13)14)47-37(50)30-17-15-16-18-35(30)54-24-21-48-19-22-53-23-20-48/h15-18,28-29,31-34,38H,19-27H2,1-14H3,(H2,44,51)(H,45,49)(H,46,52)(H,47,50)/t31-,32-,33+,34-,38?/m0/s1. The molecule has 14 heteroatoms. The number of hydrogen-bond acceptors (Lipinski definition) is 9. The van der Waals surface area contributed by atoms with Gasteiger partial charge in [0.1, 0.15) is 24.2 Å². The topological polar surface area (TPSA) is 171 Å². The van der Waals surface area contributed by atoms with Crippen molar-refractivity contribution in [1.82, 2.24) is 20.9 Å². The molecule has 0 bridgehead atoms. The predicted molar refractivity (Wildman–Crippen MR) is 227 cm³/mol. The van der Waals surface area contributed by atoms with Crippen LogP contribution in [-0.2, 0) is 23.5 Å². The second kappa shape index (κ2) is 22.2. The number of nitrogens with two attached hydrogens (primary N) is 1. The molecular weight excluding hydrogens is 743 g/mol. The minimum atomic E-state index is -1.33. The molecule has 2 rings (SSSR count). The van der Waals surface area contributed by atoms with Crippen LogP contribution in [0.2, 0.25) is 13.1 Å². The van der Waals surface area contributed by atoms with Gasteiger partial charge >= 0.3 is 6.09 Å². The number of rotatable bonds is 21. The molecule has 1 aromatic carbocycles. The molecule has 5 N–H and O–H groups in total. The summed E-state index contributed by atoms with van der Waals surface area (Å²) in [5.41, 5.74) is 3.98. The zero-order valence-electron chi connectivity index (χ0n) is 37.5. The molecule has 0 saturated carbocycles. The highest BCUT2D eigenvalue weighted by Crippen LogP contribution is 2.40. The van der Waals surface area contributed by atoms with E-state index in [0.717, 1.165) is 19.6 Å². The SMILES string of the molecule is CC(C)[C@H](C[C@H](NC(=O)OC(C)(C)C)[C@@H](C[C@H](C(=O)NCC(C)(C)C(N)=O)C(C)C)C(C)(C)C)C(NC(=O)c1ccccc1OCCN1CCOCC1)O[Si](C)C. The third-order valence-electron chi connectivity index (χ3n) is 10.6. The number of nitrogens with one attached hydrogen (secondary N) is 3. The van der Waals surface area contributed by atoms with Crippen LogP contribution in [0.3, 0.4) is 0 Å². The third kappa shape index (κ3) is 17.3. The largest absolute Gasteiger partial charge is 0.491 e. The Balaban J connectivity index is 2.51. The molecule has 1 unspecified atom stereocenters. The molecule has 4 amide bonds. The van der Waals surface area contributed by atoms with Gasteiger partial charge in [0.05, 0.1) is 24.2 Å². The van der Waals surface area contributed by atoms with Crippen LogP contribution in [-0.4, -0.2) is 102 Å². The summed E-state index contributed by atoms with van der Waals surface area (Å²) in [5.74, 6) is -1.43. The van der Waals surface area contributed by atoms with Crippen LogP contribution in [0.1, 0.15) is 106 Å². The summed E-state index contributed by atoms with van der Waals surface area (Å²) in [6.07, 6.45) is -0.374. The number of benzene rings is 1. The van der Waals surface area contributed by atoms with Gasteiger partial charge in [-0.25, -0.2) is 4.79 Å². The van der Waals surface area contributed by atoms with Crippen molar-refractivity contribution < 1.29 is 37.8 Å². The molecule has 1 aliphatic heterocycles. The number of ether oxygens (including phenoxy) is 3. The Morgan fingerprint density at radius 1 is 0.895 bits per heavy atom. The maximum absolute atomic E-state index is 14.2. The van der Waals surface area contributed by atoms with Crippen LogP contribution in [0.5, 0.6) is 5.75 Å². The van der Waals surface area contributed by atoms with Gasteiger partial charge in [0, 0.05) is 44.1 Å². The van der Waals surface area contributed by atoms with Crippen molar-refractivity contribution >= 4 is 32.9 Å². The van der Waals surface area contributed by atoms with E-state index in [1.54, 1.807) is 19.9 Å². The Kier molecular flexibility index (Phi) is 19.5. The number of para-hydroxylation sites is 1. The van der Waals surface area contributed by atoms with Gasteiger partial charge in [-0.2, -0.15) is 0 Å². The van der Waals surface area contributed by atoms with E-state index < -0.39 is 50.2 Å². The number of morpholine rings is 1. The summed E-state index contributed by atoms with van der Waals surface area (Å²) in [5, 5.41) is 9.45. The Hall–Kier alpha value is -3.20. The van der Waals surface area contributed by atoms with Gasteiger partial charge in [0.25, 0.3) is 5.91 Å². The highest BCUT2D eigenvalue weighted by molar-refractivity contribution is 6.48. The summed E-state index contributed by atoms with van der Waals surface area (Å²) in [6.45, 7) is 31.8. The van der Waals surface area contributed by atoms with Crippen molar-refractivity contribution in [2.75, 3.05) is 46.0 Å². The molecular formula is C43H76N5O8Si. The van der Waals surface area contributed by atoms with Crippen LogP contribution >= 0.6 is 0 Å². The number of hydrogen-bond donors (Lipinski definition) is 4. The Labute approximate surface area is 345 Å². The summed E-state index contributed by atoms with van der Waals surface area (Å²) >= 11 is 0. The Morgan fingerprint density at radius 2 is 1.51 bits per heavy atom. The number of carbonyl (C=O) groups excluding carboxylic acids is 4. The smallest absolute Gasteiger partial charge is 0.407 e.